The number of anilines is 3. The summed E-state index contributed by atoms with van der Waals surface area (Å²) in [5.74, 6) is -1.79. The van der Waals surface area contributed by atoms with E-state index in [1.165, 1.54) is 24.3 Å². The molecule has 0 aliphatic carbocycles. The van der Waals surface area contributed by atoms with Crippen molar-refractivity contribution in [2.24, 2.45) is 0 Å². The molecule has 3 aromatic rings. The first-order valence-corrected chi connectivity index (χ1v) is 10.9. The summed E-state index contributed by atoms with van der Waals surface area (Å²) < 4.78 is 0. The molecule has 0 atom stereocenters. The molecule has 0 aromatic heterocycles. The molecule has 3 aromatic carbocycles. The Kier molecular flexibility index (Phi) is 6.63. The number of nitrogens with zero attached hydrogens (tertiary/aromatic N) is 1. The van der Waals surface area contributed by atoms with Crippen LogP contribution in [0.5, 0.6) is 0 Å². The minimum absolute atomic E-state index is 0.134. The van der Waals surface area contributed by atoms with Crippen LogP contribution in [-0.4, -0.2) is 17.7 Å². The van der Waals surface area contributed by atoms with E-state index in [0.717, 1.165) is 4.90 Å². The number of hydrogen-bond donors (Lipinski definition) is 2. The van der Waals surface area contributed by atoms with Gasteiger partial charge in [-0.25, -0.2) is 4.90 Å². The zero-order valence-corrected chi connectivity index (χ0v) is 19.6. The van der Waals surface area contributed by atoms with Crippen LogP contribution in [0.1, 0.15) is 10.4 Å². The largest absolute Gasteiger partial charge is 0.350 e. The molecule has 1 aliphatic rings. The van der Waals surface area contributed by atoms with Gasteiger partial charge in [-0.1, -0.05) is 58.5 Å². The number of amides is 3. The predicted octanol–water partition coefficient (Wildman–Crippen LogP) is 6.33. The number of hydrogen-bond acceptors (Lipinski definition) is 4. The highest BCUT2D eigenvalue weighted by molar-refractivity contribution is 6.53. The molecule has 33 heavy (non-hydrogen) atoms. The first-order valence-electron chi connectivity index (χ1n) is 9.41. The number of benzene rings is 3. The Balaban J connectivity index is 1.56. The molecule has 10 heteroatoms. The first kappa shape index (κ1) is 23.1. The van der Waals surface area contributed by atoms with E-state index in [0.29, 0.717) is 22.0 Å². The summed E-state index contributed by atoms with van der Waals surface area (Å²) in [5.41, 5.74) is 1.28. The van der Waals surface area contributed by atoms with Gasteiger partial charge in [0.1, 0.15) is 10.7 Å². The number of rotatable bonds is 5. The molecule has 0 saturated carbocycles. The monoisotopic (exact) mass is 519 g/mol. The summed E-state index contributed by atoms with van der Waals surface area (Å²) in [6.45, 7) is 0. The lowest BCUT2D eigenvalue weighted by Crippen LogP contribution is -2.32. The quantitative estimate of drug-likeness (QED) is 0.385. The van der Waals surface area contributed by atoms with Gasteiger partial charge in [0.05, 0.1) is 5.69 Å². The van der Waals surface area contributed by atoms with Gasteiger partial charge in [0.15, 0.2) is 0 Å². The van der Waals surface area contributed by atoms with Gasteiger partial charge >= 0.3 is 0 Å². The van der Waals surface area contributed by atoms with Crippen LogP contribution in [0, 0.1) is 0 Å². The van der Waals surface area contributed by atoms with Gasteiger partial charge in [-0.05, 0) is 54.6 Å². The minimum atomic E-state index is -0.725. The van der Waals surface area contributed by atoms with Gasteiger partial charge in [-0.3, -0.25) is 14.4 Å². The molecular formula is C23H13Cl4N3O3. The molecule has 2 N–H and O–H groups in total. The fraction of sp³-hybridized carbons (Fsp3) is 0. The van der Waals surface area contributed by atoms with Gasteiger partial charge in [0, 0.05) is 32.0 Å². The van der Waals surface area contributed by atoms with Crippen LogP contribution in [0.25, 0.3) is 0 Å². The lowest BCUT2D eigenvalue weighted by Gasteiger charge is -2.16. The average molecular weight is 521 g/mol. The lowest BCUT2D eigenvalue weighted by molar-refractivity contribution is -0.120. The summed E-state index contributed by atoms with van der Waals surface area (Å²) in [6.07, 6.45) is 0. The molecule has 1 aliphatic heterocycles. The molecule has 0 fully saturated rings. The topological polar surface area (TPSA) is 78.5 Å². The van der Waals surface area contributed by atoms with Crippen molar-refractivity contribution in [2.45, 2.75) is 0 Å². The third-order valence-corrected chi connectivity index (χ3v) is 5.63. The van der Waals surface area contributed by atoms with Crippen molar-refractivity contribution in [3.8, 4) is 0 Å². The summed E-state index contributed by atoms with van der Waals surface area (Å²) in [7, 11) is 0. The van der Waals surface area contributed by atoms with E-state index in [4.69, 9.17) is 46.4 Å². The van der Waals surface area contributed by atoms with Crippen LogP contribution < -0.4 is 15.5 Å². The number of imide groups is 1. The highest BCUT2D eigenvalue weighted by Gasteiger charge is 2.39. The lowest BCUT2D eigenvalue weighted by atomic mass is 10.1. The summed E-state index contributed by atoms with van der Waals surface area (Å²) in [4.78, 5) is 39.1. The third-order valence-electron chi connectivity index (χ3n) is 4.61. The van der Waals surface area contributed by atoms with Gasteiger partial charge in [-0.2, -0.15) is 0 Å². The number of carbonyl (C=O) groups is 3. The zero-order chi connectivity index (χ0) is 23.7. The van der Waals surface area contributed by atoms with Crippen molar-refractivity contribution in [2.75, 3.05) is 15.5 Å². The maximum Gasteiger partial charge on any atom is 0.283 e. The Bertz CT molecular complexity index is 1320. The van der Waals surface area contributed by atoms with Crippen molar-refractivity contribution in [1.82, 2.24) is 0 Å². The van der Waals surface area contributed by atoms with Crippen LogP contribution in [-0.2, 0) is 9.59 Å². The number of carbonyl (C=O) groups excluding carboxylic acids is 3. The zero-order valence-electron chi connectivity index (χ0n) is 16.5. The van der Waals surface area contributed by atoms with Crippen molar-refractivity contribution >= 4 is 81.2 Å². The predicted molar refractivity (Wildman–Crippen MR) is 131 cm³/mol. The summed E-state index contributed by atoms with van der Waals surface area (Å²) in [6, 6.07) is 17.4. The molecule has 3 amide bonds. The second-order valence-corrected chi connectivity index (χ2v) is 8.62. The Morgan fingerprint density at radius 1 is 0.727 bits per heavy atom. The standard InChI is InChI=1S/C23H13Cl4N3O3/c24-13-4-2-6-17(9-13)29-21(31)12-3-1-5-16(7-12)28-20-19(27)22(32)30(23(20)33)18-10-14(25)8-15(26)11-18/h1-11,28H,(H,29,31). The van der Waals surface area contributed by atoms with Crippen molar-refractivity contribution in [1.29, 1.82) is 0 Å². The van der Waals surface area contributed by atoms with E-state index in [2.05, 4.69) is 10.6 Å². The number of nitrogens with one attached hydrogen (secondary N) is 2. The van der Waals surface area contributed by atoms with Crippen LogP contribution in [0.3, 0.4) is 0 Å². The van der Waals surface area contributed by atoms with Gasteiger partial charge < -0.3 is 10.6 Å². The van der Waals surface area contributed by atoms with E-state index in [9.17, 15) is 14.4 Å². The normalized spacial score (nSPS) is 13.5. The van der Waals surface area contributed by atoms with Gasteiger partial charge in [0.25, 0.3) is 17.7 Å². The highest BCUT2D eigenvalue weighted by Crippen LogP contribution is 2.33. The summed E-state index contributed by atoms with van der Waals surface area (Å²) >= 11 is 24.1. The molecular weight excluding hydrogens is 508 g/mol. The SMILES string of the molecule is O=C(Nc1cccc(Cl)c1)c1cccc(NC2=C(Cl)C(=O)N(c3cc(Cl)cc(Cl)c3)C2=O)c1. The van der Waals surface area contributed by atoms with E-state index in [1.54, 1.807) is 42.5 Å². The van der Waals surface area contributed by atoms with Crippen molar-refractivity contribution in [3.63, 3.8) is 0 Å². The third kappa shape index (κ3) is 4.99. The Morgan fingerprint density at radius 2 is 1.39 bits per heavy atom. The smallest absolute Gasteiger partial charge is 0.283 e. The fourth-order valence-electron chi connectivity index (χ4n) is 3.17. The number of halogens is 4. The van der Waals surface area contributed by atoms with Crippen molar-refractivity contribution in [3.05, 3.63) is 98.1 Å². The first-order chi connectivity index (χ1) is 15.7. The molecule has 4 rings (SSSR count). The fourth-order valence-corrected chi connectivity index (χ4v) is 4.08. The van der Waals surface area contributed by atoms with E-state index >= 15 is 0 Å². The maximum absolute atomic E-state index is 13.0. The summed E-state index contributed by atoms with van der Waals surface area (Å²) in [5, 5.41) is 6.28. The second kappa shape index (κ2) is 9.45. The highest BCUT2D eigenvalue weighted by atomic mass is 35.5. The molecule has 166 valence electrons. The molecule has 0 saturated heterocycles. The average Bonchev–Trinajstić information content (AvgIpc) is 2.96. The molecule has 0 radical (unpaired) electrons. The second-order valence-electron chi connectivity index (χ2n) is 6.93. The van der Waals surface area contributed by atoms with Crippen LogP contribution in [0.4, 0.5) is 17.1 Å². The van der Waals surface area contributed by atoms with E-state index in [1.807, 2.05) is 0 Å². The molecule has 1 heterocycles. The van der Waals surface area contributed by atoms with Gasteiger partial charge in [0.2, 0.25) is 0 Å². The van der Waals surface area contributed by atoms with Crippen molar-refractivity contribution < 1.29 is 14.4 Å². The van der Waals surface area contributed by atoms with Crippen LogP contribution in [0.15, 0.2) is 77.5 Å². The van der Waals surface area contributed by atoms with Crippen LogP contribution in [0.2, 0.25) is 15.1 Å². The molecule has 0 unspecified atom stereocenters. The van der Waals surface area contributed by atoms with Crippen LogP contribution >= 0.6 is 46.4 Å². The minimum Gasteiger partial charge on any atom is -0.350 e. The van der Waals surface area contributed by atoms with E-state index in [-0.39, 0.29) is 32.4 Å². The Hall–Kier alpha value is -3.03. The molecule has 0 spiro atoms. The molecule has 0 bridgehead atoms. The molecule has 6 nitrogen and oxygen atoms in total. The van der Waals surface area contributed by atoms with Gasteiger partial charge in [-0.15, -0.1) is 0 Å². The maximum atomic E-state index is 13.0. The Labute approximate surface area is 208 Å². The van der Waals surface area contributed by atoms with E-state index < -0.39 is 11.8 Å². The Morgan fingerprint density at radius 3 is 2.09 bits per heavy atom.